The summed E-state index contributed by atoms with van der Waals surface area (Å²) in [5, 5.41) is 11.6. The molecule has 3 nitrogen and oxygen atoms in total. The van der Waals surface area contributed by atoms with Gasteiger partial charge in [0.1, 0.15) is 0 Å². The highest BCUT2D eigenvalue weighted by molar-refractivity contribution is 5.82. The maximum atomic E-state index is 12.8. The molecule has 0 saturated heterocycles. The van der Waals surface area contributed by atoms with E-state index >= 15 is 0 Å². The largest absolute Gasteiger partial charge is 0.467 e. The molecule has 1 N–H and O–H groups in total. The van der Waals surface area contributed by atoms with Crippen molar-refractivity contribution in [3.05, 3.63) is 11.6 Å². The SMILES string of the molecule is COC(=O)[C@@]1(O)C[C@@]2(C)C(=CC[C@H]3[C@H]2CC[C@@]2(C)[C@H]3CC[C@H]2[C@H](C)CCCC(C)C)C1(C)C. The Bertz CT molecular complexity index is 796. The average molecular weight is 459 g/mol. The minimum Gasteiger partial charge on any atom is -0.467 e. The molecule has 0 bridgehead atoms. The van der Waals surface area contributed by atoms with Gasteiger partial charge in [0.25, 0.3) is 0 Å². The standard InChI is InChI=1S/C30H50O3/c1-19(2)10-9-11-20(3)22-13-14-23-21-12-15-25-27(4,5)30(32,26(31)33-8)18-29(25,7)24(21)16-17-28(22,23)6/h15,19-24,32H,9-14,16-18H2,1-8H3/t20-,21-,22+,23+,24-,28-,29-,30+/m1/s1. The van der Waals surface area contributed by atoms with Crippen LogP contribution >= 0.6 is 0 Å². The maximum absolute atomic E-state index is 12.8. The number of carbonyl (C=O) groups is 1. The van der Waals surface area contributed by atoms with Crippen LogP contribution in [0.3, 0.4) is 0 Å². The number of esters is 1. The zero-order chi connectivity index (χ0) is 24.4. The fourth-order valence-corrected chi connectivity index (χ4v) is 9.79. The number of carbonyl (C=O) groups excluding carboxylic acids is 1. The van der Waals surface area contributed by atoms with Gasteiger partial charge in [-0.2, -0.15) is 0 Å². The number of rotatable bonds is 6. The summed E-state index contributed by atoms with van der Waals surface area (Å²) >= 11 is 0. The molecule has 0 amide bonds. The molecule has 4 aliphatic rings. The van der Waals surface area contributed by atoms with Gasteiger partial charge in [-0.25, -0.2) is 4.79 Å². The lowest BCUT2D eigenvalue weighted by Gasteiger charge is -2.56. The highest BCUT2D eigenvalue weighted by Gasteiger charge is 2.69. The van der Waals surface area contributed by atoms with Crippen LogP contribution in [0.15, 0.2) is 11.6 Å². The minimum absolute atomic E-state index is 0.113. The monoisotopic (exact) mass is 458 g/mol. The van der Waals surface area contributed by atoms with Gasteiger partial charge in [0.2, 0.25) is 0 Å². The Morgan fingerprint density at radius 2 is 1.79 bits per heavy atom. The van der Waals surface area contributed by atoms with Crippen molar-refractivity contribution in [2.24, 2.45) is 51.8 Å². The number of fused-ring (bicyclic) bond motifs is 5. The predicted octanol–water partition coefficient (Wildman–Crippen LogP) is 7.18. The number of methoxy groups -OCH3 is 1. The number of allylic oxidation sites excluding steroid dienone is 1. The Labute approximate surface area is 203 Å². The second kappa shape index (κ2) is 8.38. The van der Waals surface area contributed by atoms with E-state index in [1.54, 1.807) is 0 Å². The summed E-state index contributed by atoms with van der Waals surface area (Å²) in [5.74, 6) is 4.03. The third-order valence-electron chi connectivity index (χ3n) is 11.5. The molecule has 33 heavy (non-hydrogen) atoms. The molecular weight excluding hydrogens is 408 g/mol. The van der Waals surface area contributed by atoms with Crippen molar-refractivity contribution >= 4 is 5.97 Å². The Morgan fingerprint density at radius 1 is 1.09 bits per heavy atom. The summed E-state index contributed by atoms with van der Waals surface area (Å²) in [5.41, 5.74) is -0.362. The first-order chi connectivity index (χ1) is 15.3. The lowest BCUT2D eigenvalue weighted by Crippen LogP contribution is -2.49. The fourth-order valence-electron chi connectivity index (χ4n) is 9.79. The van der Waals surface area contributed by atoms with Crippen molar-refractivity contribution in [3.8, 4) is 0 Å². The molecule has 0 aromatic heterocycles. The van der Waals surface area contributed by atoms with Crippen LogP contribution in [-0.4, -0.2) is 23.8 Å². The second-order valence-corrected chi connectivity index (χ2v) is 13.8. The molecule has 188 valence electrons. The average Bonchev–Trinajstić information content (AvgIpc) is 3.17. The Morgan fingerprint density at radius 3 is 2.42 bits per heavy atom. The Hall–Kier alpha value is -0.830. The lowest BCUT2D eigenvalue weighted by atomic mass is 9.48. The van der Waals surface area contributed by atoms with Crippen LogP contribution < -0.4 is 0 Å². The highest BCUT2D eigenvalue weighted by atomic mass is 16.5. The first-order valence-electron chi connectivity index (χ1n) is 13.8. The van der Waals surface area contributed by atoms with E-state index in [2.05, 4.69) is 54.5 Å². The van der Waals surface area contributed by atoms with Crippen LogP contribution in [0.4, 0.5) is 0 Å². The van der Waals surface area contributed by atoms with E-state index in [0.717, 1.165) is 30.1 Å². The molecule has 0 spiro atoms. The van der Waals surface area contributed by atoms with Crippen molar-refractivity contribution in [2.75, 3.05) is 7.11 Å². The number of aliphatic hydroxyl groups is 1. The normalized spacial score (nSPS) is 44.6. The molecule has 0 aliphatic heterocycles. The Balaban J connectivity index is 1.58. The molecule has 0 aromatic carbocycles. The van der Waals surface area contributed by atoms with E-state index < -0.39 is 17.0 Å². The van der Waals surface area contributed by atoms with Crippen LogP contribution in [0, 0.1) is 51.8 Å². The summed E-state index contributed by atoms with van der Waals surface area (Å²) < 4.78 is 5.12. The molecule has 3 heteroatoms. The van der Waals surface area contributed by atoms with Gasteiger partial charge in [0, 0.05) is 5.41 Å². The van der Waals surface area contributed by atoms with Crippen molar-refractivity contribution < 1.29 is 14.6 Å². The van der Waals surface area contributed by atoms with Gasteiger partial charge in [0.05, 0.1) is 7.11 Å². The van der Waals surface area contributed by atoms with Gasteiger partial charge in [-0.3, -0.25) is 0 Å². The minimum atomic E-state index is -1.43. The smallest absolute Gasteiger partial charge is 0.338 e. The third-order valence-corrected chi connectivity index (χ3v) is 11.5. The summed E-state index contributed by atoms with van der Waals surface area (Å²) in [7, 11) is 1.41. The van der Waals surface area contributed by atoms with Gasteiger partial charge in [-0.15, -0.1) is 0 Å². The fraction of sp³-hybridized carbons (Fsp3) is 0.900. The van der Waals surface area contributed by atoms with Crippen LogP contribution in [0.2, 0.25) is 0 Å². The maximum Gasteiger partial charge on any atom is 0.338 e. The van der Waals surface area contributed by atoms with Crippen molar-refractivity contribution in [3.63, 3.8) is 0 Å². The van der Waals surface area contributed by atoms with E-state index in [0.29, 0.717) is 23.7 Å². The first-order valence-corrected chi connectivity index (χ1v) is 13.8. The molecule has 0 heterocycles. The Kier molecular flexibility index (Phi) is 6.42. The van der Waals surface area contributed by atoms with Crippen molar-refractivity contribution in [1.29, 1.82) is 0 Å². The zero-order valence-corrected chi connectivity index (χ0v) is 22.7. The van der Waals surface area contributed by atoms with E-state index in [4.69, 9.17) is 4.74 Å². The van der Waals surface area contributed by atoms with Crippen LogP contribution in [0.1, 0.15) is 106 Å². The zero-order valence-electron chi connectivity index (χ0n) is 22.7. The van der Waals surface area contributed by atoms with E-state index in [1.165, 1.54) is 57.6 Å². The van der Waals surface area contributed by atoms with Crippen LogP contribution in [0.5, 0.6) is 0 Å². The predicted molar refractivity (Wildman–Crippen MR) is 135 cm³/mol. The summed E-state index contributed by atoms with van der Waals surface area (Å²) in [4.78, 5) is 12.8. The van der Waals surface area contributed by atoms with Gasteiger partial charge < -0.3 is 9.84 Å². The molecule has 3 saturated carbocycles. The quantitative estimate of drug-likeness (QED) is 0.339. The third kappa shape index (κ3) is 3.57. The van der Waals surface area contributed by atoms with Crippen molar-refractivity contribution in [2.45, 2.75) is 112 Å². The summed E-state index contributed by atoms with van der Waals surface area (Å²) in [6.45, 7) is 16.3. The highest BCUT2D eigenvalue weighted by Crippen LogP contribution is 2.71. The van der Waals surface area contributed by atoms with E-state index in [9.17, 15) is 9.90 Å². The topological polar surface area (TPSA) is 46.5 Å². The molecule has 0 aromatic rings. The lowest BCUT2D eigenvalue weighted by molar-refractivity contribution is -0.172. The van der Waals surface area contributed by atoms with Gasteiger partial charge >= 0.3 is 5.97 Å². The molecular formula is C30H50O3. The molecule has 8 atom stereocenters. The molecule has 0 radical (unpaired) electrons. The molecule has 3 fully saturated rings. The van der Waals surface area contributed by atoms with Gasteiger partial charge in [0.15, 0.2) is 5.60 Å². The second-order valence-electron chi connectivity index (χ2n) is 13.8. The number of hydrogen-bond donors (Lipinski definition) is 1. The van der Waals surface area contributed by atoms with E-state index in [-0.39, 0.29) is 5.41 Å². The summed E-state index contributed by atoms with van der Waals surface area (Å²) in [6, 6.07) is 0. The van der Waals surface area contributed by atoms with Crippen LogP contribution in [-0.2, 0) is 9.53 Å². The number of ether oxygens (including phenoxy) is 1. The number of hydrogen-bond acceptors (Lipinski definition) is 3. The first kappa shape index (κ1) is 25.3. The molecule has 4 rings (SSSR count). The van der Waals surface area contributed by atoms with E-state index in [1.807, 2.05) is 0 Å². The molecule has 4 aliphatic carbocycles. The van der Waals surface area contributed by atoms with Gasteiger partial charge in [-0.1, -0.05) is 79.4 Å². The van der Waals surface area contributed by atoms with Crippen molar-refractivity contribution in [1.82, 2.24) is 0 Å². The molecule has 0 unspecified atom stereocenters. The van der Waals surface area contributed by atoms with Crippen LogP contribution in [0.25, 0.3) is 0 Å². The summed E-state index contributed by atoms with van der Waals surface area (Å²) in [6.07, 6.45) is 13.4. The van der Waals surface area contributed by atoms with Gasteiger partial charge in [-0.05, 0) is 84.9 Å².